The molecule has 1 unspecified atom stereocenters. The van der Waals surface area contributed by atoms with Gasteiger partial charge in [-0.25, -0.2) is 4.98 Å². The van der Waals surface area contributed by atoms with Gasteiger partial charge in [0.1, 0.15) is 10.7 Å². The minimum atomic E-state index is -0.612. The van der Waals surface area contributed by atoms with Gasteiger partial charge in [-0.3, -0.25) is 9.69 Å². The fourth-order valence-electron chi connectivity index (χ4n) is 3.87. The van der Waals surface area contributed by atoms with Crippen molar-refractivity contribution in [2.24, 2.45) is 0 Å². The first-order valence-corrected chi connectivity index (χ1v) is 11.8. The summed E-state index contributed by atoms with van der Waals surface area (Å²) in [5, 5.41) is 12.8. The number of ether oxygens (including phenoxy) is 3. The number of methoxy groups -OCH3 is 2. The lowest BCUT2D eigenvalue weighted by Crippen LogP contribution is -2.37. The van der Waals surface area contributed by atoms with Crippen molar-refractivity contribution in [3.05, 3.63) is 52.4 Å². The molecule has 0 radical (unpaired) electrons. The molecule has 0 spiro atoms. The smallest absolute Gasteiger partial charge is 0.260 e. The zero-order chi connectivity index (χ0) is 23.4. The van der Waals surface area contributed by atoms with E-state index in [0.29, 0.717) is 53.3 Å². The number of aliphatic hydroxyl groups excluding tert-OH is 1. The van der Waals surface area contributed by atoms with Crippen LogP contribution >= 0.6 is 11.3 Å². The highest BCUT2D eigenvalue weighted by molar-refractivity contribution is 7.17. The number of nitrogens with one attached hydrogen (secondary N) is 1. The lowest BCUT2D eigenvalue weighted by Gasteiger charge is -2.24. The molecule has 2 aromatic heterocycles. The fourth-order valence-corrected chi connectivity index (χ4v) is 4.84. The first-order chi connectivity index (χ1) is 16.0. The minimum absolute atomic E-state index is 0.174. The van der Waals surface area contributed by atoms with E-state index in [-0.39, 0.29) is 12.2 Å². The van der Waals surface area contributed by atoms with Crippen LogP contribution in [0, 0.1) is 0 Å². The first-order valence-electron chi connectivity index (χ1n) is 10.9. The van der Waals surface area contributed by atoms with Crippen molar-refractivity contribution < 1.29 is 19.3 Å². The molecular weight excluding hydrogens is 442 g/mol. The number of hydrogen-bond donors (Lipinski definition) is 2. The van der Waals surface area contributed by atoms with Gasteiger partial charge in [0, 0.05) is 23.5 Å². The van der Waals surface area contributed by atoms with Gasteiger partial charge in [0.2, 0.25) is 0 Å². The van der Waals surface area contributed by atoms with Crippen molar-refractivity contribution in [1.29, 1.82) is 0 Å². The summed E-state index contributed by atoms with van der Waals surface area (Å²) >= 11 is 1.44. The number of hydrogen-bond acceptors (Lipinski definition) is 8. The molecule has 9 heteroatoms. The van der Waals surface area contributed by atoms with Crippen molar-refractivity contribution in [3.8, 4) is 22.6 Å². The van der Waals surface area contributed by atoms with E-state index in [1.165, 1.54) is 11.3 Å². The molecule has 176 valence electrons. The van der Waals surface area contributed by atoms with Gasteiger partial charge in [-0.15, -0.1) is 17.9 Å². The van der Waals surface area contributed by atoms with Crippen LogP contribution in [0.1, 0.15) is 18.7 Å². The van der Waals surface area contributed by atoms with Gasteiger partial charge in [-0.2, -0.15) is 0 Å². The molecule has 0 saturated heterocycles. The lowest BCUT2D eigenvalue weighted by molar-refractivity contribution is 0.0222. The van der Waals surface area contributed by atoms with E-state index in [4.69, 9.17) is 19.2 Å². The average Bonchev–Trinajstić information content (AvgIpc) is 3.57. The molecule has 0 amide bonds. The summed E-state index contributed by atoms with van der Waals surface area (Å²) in [6, 6.07) is 5.98. The topological polar surface area (TPSA) is 96.9 Å². The van der Waals surface area contributed by atoms with Crippen LogP contribution in [-0.4, -0.2) is 66.1 Å². The highest BCUT2D eigenvalue weighted by Gasteiger charge is 2.31. The Kier molecular flexibility index (Phi) is 7.44. The molecule has 4 rings (SSSR count). The Balaban J connectivity index is 1.56. The SMILES string of the molecule is C=CCOCC(O)CN(Cc1nc2scc(-c3ccc(OC)c(OC)c3)c2c(=O)[nH]1)C1CC1. The second-order valence-electron chi connectivity index (χ2n) is 8.05. The molecular formula is C24H29N3O5S. The third-order valence-corrected chi connectivity index (χ3v) is 6.47. The number of aromatic amines is 1. The van der Waals surface area contributed by atoms with Crippen molar-refractivity contribution >= 4 is 21.6 Å². The van der Waals surface area contributed by atoms with Crippen LogP contribution < -0.4 is 15.0 Å². The highest BCUT2D eigenvalue weighted by Crippen LogP contribution is 2.36. The van der Waals surface area contributed by atoms with E-state index >= 15 is 0 Å². The van der Waals surface area contributed by atoms with E-state index in [2.05, 4.69) is 16.5 Å². The Labute approximate surface area is 196 Å². The zero-order valence-corrected chi connectivity index (χ0v) is 19.7. The quantitative estimate of drug-likeness (QED) is 0.309. The summed E-state index contributed by atoms with van der Waals surface area (Å²) in [5.74, 6) is 1.83. The van der Waals surface area contributed by atoms with Crippen LogP contribution in [0.15, 0.2) is 41.0 Å². The van der Waals surface area contributed by atoms with Crippen LogP contribution in [0.2, 0.25) is 0 Å². The van der Waals surface area contributed by atoms with Crippen molar-refractivity contribution in [1.82, 2.24) is 14.9 Å². The first kappa shape index (κ1) is 23.4. The maximum atomic E-state index is 13.1. The number of aliphatic hydroxyl groups is 1. The van der Waals surface area contributed by atoms with Gasteiger partial charge < -0.3 is 24.3 Å². The third-order valence-electron chi connectivity index (χ3n) is 5.59. The standard InChI is InChI=1S/C24H29N3O5S/c1-4-9-32-13-17(28)11-27(16-6-7-16)12-21-25-23(29)22-18(14-33-24(22)26-21)15-5-8-19(30-2)20(10-15)31-3/h4-5,8,10,14,16-17,28H,1,6-7,9,11-13H2,2-3H3,(H,25,26,29). The number of thiophene rings is 1. The Hall–Kier alpha value is -2.72. The number of rotatable bonds is 12. The van der Waals surface area contributed by atoms with E-state index in [1.807, 2.05) is 23.6 Å². The van der Waals surface area contributed by atoms with Gasteiger partial charge in [-0.1, -0.05) is 12.1 Å². The van der Waals surface area contributed by atoms with Crippen molar-refractivity contribution in [2.45, 2.75) is 31.5 Å². The molecule has 0 bridgehead atoms. The van der Waals surface area contributed by atoms with E-state index in [9.17, 15) is 9.90 Å². The Morgan fingerprint density at radius 3 is 2.82 bits per heavy atom. The molecule has 8 nitrogen and oxygen atoms in total. The normalized spacial score (nSPS) is 14.5. The fraction of sp³-hybridized carbons (Fsp3) is 0.417. The highest BCUT2D eigenvalue weighted by atomic mass is 32.1. The Morgan fingerprint density at radius 2 is 2.12 bits per heavy atom. The molecule has 2 heterocycles. The van der Waals surface area contributed by atoms with E-state index in [0.717, 1.165) is 24.0 Å². The minimum Gasteiger partial charge on any atom is -0.493 e. The largest absolute Gasteiger partial charge is 0.493 e. The molecule has 2 N–H and O–H groups in total. The number of aromatic nitrogens is 2. The molecule has 1 atom stereocenters. The summed E-state index contributed by atoms with van der Waals surface area (Å²) in [6.07, 6.45) is 3.20. The predicted molar refractivity (Wildman–Crippen MR) is 129 cm³/mol. The molecule has 1 aliphatic rings. The van der Waals surface area contributed by atoms with Gasteiger partial charge in [0.25, 0.3) is 5.56 Å². The molecule has 1 aliphatic carbocycles. The second-order valence-corrected chi connectivity index (χ2v) is 8.91. The molecule has 0 aliphatic heterocycles. The zero-order valence-electron chi connectivity index (χ0n) is 18.9. The summed E-state index contributed by atoms with van der Waals surface area (Å²) in [6.45, 7) is 5.20. The predicted octanol–water partition coefficient (Wildman–Crippen LogP) is 3.20. The Morgan fingerprint density at radius 1 is 1.33 bits per heavy atom. The molecule has 1 aromatic carbocycles. The summed E-state index contributed by atoms with van der Waals surface area (Å²) in [7, 11) is 3.17. The van der Waals surface area contributed by atoms with Gasteiger partial charge in [0.15, 0.2) is 11.5 Å². The molecule has 1 saturated carbocycles. The van der Waals surface area contributed by atoms with Crippen LogP contribution in [0.25, 0.3) is 21.3 Å². The number of benzene rings is 1. The third kappa shape index (κ3) is 5.44. The number of H-pyrrole nitrogens is 1. The second kappa shape index (κ2) is 10.5. The number of nitrogens with zero attached hydrogens (tertiary/aromatic N) is 2. The Bertz CT molecular complexity index is 1170. The molecule has 33 heavy (non-hydrogen) atoms. The van der Waals surface area contributed by atoms with Crippen LogP contribution in [0.4, 0.5) is 0 Å². The van der Waals surface area contributed by atoms with Gasteiger partial charge in [0.05, 0.1) is 45.5 Å². The van der Waals surface area contributed by atoms with Crippen LogP contribution in [0.3, 0.4) is 0 Å². The lowest BCUT2D eigenvalue weighted by atomic mass is 10.1. The monoisotopic (exact) mass is 471 g/mol. The van der Waals surface area contributed by atoms with Gasteiger partial charge >= 0.3 is 0 Å². The van der Waals surface area contributed by atoms with Crippen LogP contribution in [-0.2, 0) is 11.3 Å². The maximum absolute atomic E-state index is 13.1. The molecule has 3 aromatic rings. The van der Waals surface area contributed by atoms with E-state index in [1.54, 1.807) is 20.3 Å². The summed E-state index contributed by atoms with van der Waals surface area (Å²) in [4.78, 5) is 23.6. The molecule has 1 fully saturated rings. The number of fused-ring (bicyclic) bond motifs is 1. The summed E-state index contributed by atoms with van der Waals surface area (Å²) in [5.41, 5.74) is 1.50. The van der Waals surface area contributed by atoms with Crippen molar-refractivity contribution in [2.75, 3.05) is 34.0 Å². The van der Waals surface area contributed by atoms with Crippen molar-refractivity contribution in [3.63, 3.8) is 0 Å². The van der Waals surface area contributed by atoms with Crippen LogP contribution in [0.5, 0.6) is 11.5 Å². The maximum Gasteiger partial charge on any atom is 0.260 e. The average molecular weight is 472 g/mol. The van der Waals surface area contributed by atoms with E-state index < -0.39 is 6.10 Å². The van der Waals surface area contributed by atoms with Gasteiger partial charge in [-0.05, 0) is 30.5 Å². The summed E-state index contributed by atoms with van der Waals surface area (Å²) < 4.78 is 16.1.